The van der Waals surface area contributed by atoms with Gasteiger partial charge in [0, 0.05) is 6.54 Å². The lowest BCUT2D eigenvalue weighted by Gasteiger charge is -2.13. The molecule has 2 aromatic carbocycles. The number of likely N-dealkylation sites (N-methyl/N-ethyl adjacent to an activating group) is 1. The maximum Gasteiger partial charge on any atom is 0.119 e. The summed E-state index contributed by atoms with van der Waals surface area (Å²) in [5.74, 6) is 0.885. The summed E-state index contributed by atoms with van der Waals surface area (Å²) in [6.45, 7) is 0.961. The minimum Gasteiger partial charge on any atom is -0.497 e. The van der Waals surface area contributed by atoms with E-state index in [1.54, 1.807) is 7.11 Å². The van der Waals surface area contributed by atoms with Crippen LogP contribution in [-0.4, -0.2) is 37.4 Å². The molecule has 0 amide bonds. The molecule has 0 radical (unpaired) electrons. The Hall–Kier alpha value is -1.58. The number of methoxy groups -OCH3 is 1. The van der Waals surface area contributed by atoms with Crippen LogP contribution in [0.25, 0.3) is 10.8 Å². The highest BCUT2D eigenvalue weighted by Gasteiger charge is 2.01. The second kappa shape index (κ2) is 5.85. The Morgan fingerprint density at radius 1 is 1.11 bits per heavy atom. The summed E-state index contributed by atoms with van der Waals surface area (Å²) in [7, 11) is 3.59. The third-order valence-electron chi connectivity index (χ3n) is 3.14. The SMILES string of the molecule is COc1ccc2cc(CCN(C)CO)ccc2c1. The van der Waals surface area contributed by atoms with Gasteiger partial charge in [-0.15, -0.1) is 0 Å². The zero-order valence-electron chi connectivity index (χ0n) is 10.9. The van der Waals surface area contributed by atoms with Gasteiger partial charge >= 0.3 is 0 Å². The zero-order valence-corrected chi connectivity index (χ0v) is 10.9. The van der Waals surface area contributed by atoms with Gasteiger partial charge in [0.25, 0.3) is 0 Å². The second-order valence-electron chi connectivity index (χ2n) is 4.52. The lowest BCUT2D eigenvalue weighted by atomic mass is 10.0. The predicted octanol–water partition coefficient (Wildman–Crippen LogP) is 2.27. The van der Waals surface area contributed by atoms with Gasteiger partial charge in [-0.25, -0.2) is 0 Å². The van der Waals surface area contributed by atoms with Gasteiger partial charge in [0.05, 0.1) is 13.8 Å². The molecule has 0 aliphatic rings. The van der Waals surface area contributed by atoms with Crippen molar-refractivity contribution in [3.63, 3.8) is 0 Å². The van der Waals surface area contributed by atoms with E-state index in [2.05, 4.69) is 24.3 Å². The van der Waals surface area contributed by atoms with E-state index in [1.165, 1.54) is 16.3 Å². The summed E-state index contributed by atoms with van der Waals surface area (Å²) in [6, 6.07) is 12.5. The number of ether oxygens (including phenoxy) is 1. The number of fused-ring (bicyclic) bond motifs is 1. The number of hydrogen-bond donors (Lipinski definition) is 1. The van der Waals surface area contributed by atoms with Gasteiger partial charge in [-0.05, 0) is 41.9 Å². The summed E-state index contributed by atoms with van der Waals surface area (Å²) in [5.41, 5.74) is 1.29. The van der Waals surface area contributed by atoms with Crippen LogP contribution in [0.5, 0.6) is 5.75 Å². The Labute approximate surface area is 108 Å². The molecular weight excluding hydrogens is 226 g/mol. The smallest absolute Gasteiger partial charge is 0.119 e. The van der Waals surface area contributed by atoms with E-state index < -0.39 is 0 Å². The molecule has 0 unspecified atom stereocenters. The summed E-state index contributed by atoms with van der Waals surface area (Å²) in [4.78, 5) is 1.89. The average molecular weight is 245 g/mol. The van der Waals surface area contributed by atoms with Gasteiger partial charge in [0.1, 0.15) is 5.75 Å². The van der Waals surface area contributed by atoms with Crippen LogP contribution in [0.1, 0.15) is 5.56 Å². The molecule has 0 aliphatic heterocycles. The lowest BCUT2D eigenvalue weighted by molar-refractivity contribution is 0.134. The summed E-state index contributed by atoms with van der Waals surface area (Å²) in [5, 5.41) is 11.4. The first-order valence-electron chi connectivity index (χ1n) is 6.09. The molecule has 0 aromatic heterocycles. The van der Waals surface area contributed by atoms with Gasteiger partial charge in [0.2, 0.25) is 0 Å². The Morgan fingerprint density at radius 3 is 2.56 bits per heavy atom. The third-order valence-corrected chi connectivity index (χ3v) is 3.14. The molecule has 1 N–H and O–H groups in total. The first kappa shape index (κ1) is 12.9. The largest absolute Gasteiger partial charge is 0.497 e. The van der Waals surface area contributed by atoms with Crippen LogP contribution in [0.2, 0.25) is 0 Å². The third kappa shape index (κ3) is 3.00. The standard InChI is InChI=1S/C15H19NO2/c1-16(11-17)8-7-12-3-4-14-10-15(18-2)6-5-13(14)9-12/h3-6,9-10,17H,7-8,11H2,1-2H3. The molecule has 96 valence electrons. The summed E-state index contributed by atoms with van der Waals surface area (Å²) < 4.78 is 5.21. The highest BCUT2D eigenvalue weighted by atomic mass is 16.5. The molecule has 0 saturated heterocycles. The molecule has 2 aromatic rings. The minimum absolute atomic E-state index is 0.102. The van der Waals surface area contributed by atoms with E-state index in [0.717, 1.165) is 18.7 Å². The molecular formula is C15H19NO2. The number of benzene rings is 2. The van der Waals surface area contributed by atoms with Crippen LogP contribution in [-0.2, 0) is 6.42 Å². The summed E-state index contributed by atoms with van der Waals surface area (Å²) >= 11 is 0. The fraction of sp³-hybridized carbons (Fsp3) is 0.333. The summed E-state index contributed by atoms with van der Waals surface area (Å²) in [6.07, 6.45) is 0.943. The quantitative estimate of drug-likeness (QED) is 0.820. The second-order valence-corrected chi connectivity index (χ2v) is 4.52. The molecule has 2 rings (SSSR count). The monoisotopic (exact) mass is 245 g/mol. The molecule has 18 heavy (non-hydrogen) atoms. The lowest BCUT2D eigenvalue weighted by Crippen LogP contribution is -2.21. The van der Waals surface area contributed by atoms with Gasteiger partial charge in [0.15, 0.2) is 0 Å². The molecule has 0 bridgehead atoms. The molecule has 0 heterocycles. The van der Waals surface area contributed by atoms with Gasteiger partial charge in [-0.1, -0.05) is 24.3 Å². The number of hydrogen-bond acceptors (Lipinski definition) is 3. The van der Waals surface area contributed by atoms with Crippen molar-refractivity contribution in [1.29, 1.82) is 0 Å². The van der Waals surface area contributed by atoms with E-state index >= 15 is 0 Å². The van der Waals surface area contributed by atoms with Crippen LogP contribution in [0.4, 0.5) is 0 Å². The first-order valence-corrected chi connectivity index (χ1v) is 6.09. The zero-order chi connectivity index (χ0) is 13.0. The number of aliphatic hydroxyl groups is 1. The van der Waals surface area contributed by atoms with Crippen molar-refractivity contribution in [2.24, 2.45) is 0 Å². The van der Waals surface area contributed by atoms with Crippen molar-refractivity contribution in [2.75, 3.05) is 27.4 Å². The predicted molar refractivity (Wildman–Crippen MR) is 73.9 cm³/mol. The maximum atomic E-state index is 8.95. The van der Waals surface area contributed by atoms with Crippen molar-refractivity contribution >= 4 is 10.8 Å². The van der Waals surface area contributed by atoms with E-state index in [4.69, 9.17) is 9.84 Å². The molecule has 3 heteroatoms. The first-order chi connectivity index (χ1) is 8.72. The van der Waals surface area contributed by atoms with Crippen molar-refractivity contribution in [1.82, 2.24) is 4.90 Å². The average Bonchev–Trinajstić information content (AvgIpc) is 2.43. The van der Waals surface area contributed by atoms with Gasteiger partial charge in [-0.2, -0.15) is 0 Å². The van der Waals surface area contributed by atoms with E-state index in [0.29, 0.717) is 0 Å². The van der Waals surface area contributed by atoms with Crippen LogP contribution in [0, 0.1) is 0 Å². The molecule has 0 saturated carbocycles. The van der Waals surface area contributed by atoms with Crippen molar-refractivity contribution in [3.05, 3.63) is 42.0 Å². The topological polar surface area (TPSA) is 32.7 Å². The highest BCUT2D eigenvalue weighted by Crippen LogP contribution is 2.22. The van der Waals surface area contributed by atoms with Crippen molar-refractivity contribution in [3.8, 4) is 5.75 Å². The van der Waals surface area contributed by atoms with Gasteiger partial charge < -0.3 is 9.84 Å². The van der Waals surface area contributed by atoms with Crippen LogP contribution in [0.15, 0.2) is 36.4 Å². The molecule has 0 aliphatic carbocycles. The molecule has 0 spiro atoms. The highest BCUT2D eigenvalue weighted by molar-refractivity contribution is 5.84. The van der Waals surface area contributed by atoms with Gasteiger partial charge in [-0.3, -0.25) is 4.90 Å². The fourth-order valence-electron chi connectivity index (χ4n) is 1.95. The Kier molecular flexibility index (Phi) is 4.18. The number of aliphatic hydroxyl groups excluding tert-OH is 1. The van der Waals surface area contributed by atoms with Crippen molar-refractivity contribution in [2.45, 2.75) is 6.42 Å². The molecule has 3 nitrogen and oxygen atoms in total. The Morgan fingerprint density at radius 2 is 1.83 bits per heavy atom. The van der Waals surface area contributed by atoms with Crippen LogP contribution in [0.3, 0.4) is 0 Å². The number of rotatable bonds is 5. The van der Waals surface area contributed by atoms with E-state index in [1.807, 2.05) is 24.1 Å². The van der Waals surface area contributed by atoms with Crippen LogP contribution < -0.4 is 4.74 Å². The minimum atomic E-state index is 0.102. The van der Waals surface area contributed by atoms with Crippen LogP contribution >= 0.6 is 0 Å². The van der Waals surface area contributed by atoms with Crippen molar-refractivity contribution < 1.29 is 9.84 Å². The Bertz CT molecular complexity index is 525. The number of nitrogens with zero attached hydrogens (tertiary/aromatic N) is 1. The Balaban J connectivity index is 2.17. The molecule has 0 atom stereocenters. The fourth-order valence-corrected chi connectivity index (χ4v) is 1.95. The molecule has 0 fully saturated rings. The van der Waals surface area contributed by atoms with E-state index in [9.17, 15) is 0 Å². The van der Waals surface area contributed by atoms with E-state index in [-0.39, 0.29) is 6.73 Å². The normalized spacial score (nSPS) is 11.1. The maximum absolute atomic E-state index is 8.95.